The van der Waals surface area contributed by atoms with Crippen LogP contribution >= 0.6 is 23.2 Å². The Morgan fingerprint density at radius 2 is 1.57 bits per heavy atom. The Hall–Kier alpha value is -1.47. The number of likely N-dealkylation sites (tertiary alicyclic amines) is 1. The molecule has 2 atom stereocenters. The lowest BCUT2D eigenvalue weighted by molar-refractivity contribution is -0.139. The Labute approximate surface area is 170 Å². The Bertz CT molecular complexity index is 959. The molecule has 2 heterocycles. The number of aliphatic hydroxyl groups excluding tert-OH is 1. The van der Waals surface area contributed by atoms with Gasteiger partial charge in [-0.25, -0.2) is 0 Å². The van der Waals surface area contributed by atoms with Crippen LogP contribution in [0.4, 0.5) is 13.2 Å². The summed E-state index contributed by atoms with van der Waals surface area (Å²) in [7, 11) is 0. The number of aromatic nitrogens is 1. The minimum Gasteiger partial charge on any atom is -0.391 e. The van der Waals surface area contributed by atoms with Gasteiger partial charge in [-0.2, -0.15) is 13.2 Å². The van der Waals surface area contributed by atoms with Gasteiger partial charge in [0.1, 0.15) is 0 Å². The molecule has 1 aliphatic heterocycles. The highest BCUT2D eigenvalue weighted by molar-refractivity contribution is 6.33. The summed E-state index contributed by atoms with van der Waals surface area (Å²) in [6, 6.07) is 10.7. The van der Waals surface area contributed by atoms with Gasteiger partial charge in [0.2, 0.25) is 0 Å². The summed E-state index contributed by atoms with van der Waals surface area (Å²) in [6.07, 6.45) is -5.27. The lowest BCUT2D eigenvalue weighted by Gasteiger charge is -2.37. The highest BCUT2D eigenvalue weighted by Crippen LogP contribution is 2.37. The highest BCUT2D eigenvalue weighted by Gasteiger charge is 2.34. The van der Waals surface area contributed by atoms with E-state index in [0.29, 0.717) is 29.6 Å². The van der Waals surface area contributed by atoms with Crippen LogP contribution in [0, 0.1) is 0 Å². The first kappa shape index (κ1) is 19.8. The van der Waals surface area contributed by atoms with Crippen molar-refractivity contribution in [2.75, 3.05) is 19.6 Å². The van der Waals surface area contributed by atoms with Gasteiger partial charge in [0.15, 0.2) is 0 Å². The molecule has 0 saturated carbocycles. The van der Waals surface area contributed by atoms with Crippen LogP contribution in [0.5, 0.6) is 0 Å². The summed E-state index contributed by atoms with van der Waals surface area (Å²) in [5.74, 6) is 0. The van der Waals surface area contributed by atoms with Crippen LogP contribution in [-0.2, 0) is 0 Å². The molecule has 150 valence electrons. The van der Waals surface area contributed by atoms with Crippen molar-refractivity contribution < 1.29 is 18.3 Å². The molecule has 4 rings (SSSR count). The summed E-state index contributed by atoms with van der Waals surface area (Å²) in [5, 5.41) is 13.7. The molecule has 0 aliphatic carbocycles. The van der Waals surface area contributed by atoms with Crippen molar-refractivity contribution in [2.24, 2.45) is 0 Å². The quantitative estimate of drug-likeness (QED) is 0.580. The third kappa shape index (κ3) is 3.83. The Morgan fingerprint density at radius 1 is 1.00 bits per heavy atom. The average Bonchev–Trinajstić information content (AvgIpc) is 2.93. The lowest BCUT2D eigenvalue weighted by Crippen LogP contribution is -2.45. The summed E-state index contributed by atoms with van der Waals surface area (Å²) in [4.78, 5) is 1.77. The maximum atomic E-state index is 12.6. The molecule has 2 aromatic carbocycles. The molecular formula is C20H19Cl2F3N2O. The fraction of sp³-hybridized carbons (Fsp3) is 0.400. The van der Waals surface area contributed by atoms with E-state index in [1.54, 1.807) is 17.0 Å². The first-order valence-corrected chi connectivity index (χ1v) is 9.84. The number of hydrogen-bond donors (Lipinski definition) is 1. The first-order valence-electron chi connectivity index (χ1n) is 9.09. The molecule has 1 aliphatic rings. The maximum absolute atomic E-state index is 12.6. The van der Waals surface area contributed by atoms with Crippen molar-refractivity contribution in [3.63, 3.8) is 0 Å². The van der Waals surface area contributed by atoms with Crippen LogP contribution < -0.4 is 0 Å². The topological polar surface area (TPSA) is 28.4 Å². The van der Waals surface area contributed by atoms with Crippen LogP contribution in [0.25, 0.3) is 21.8 Å². The van der Waals surface area contributed by atoms with Crippen LogP contribution in [0.2, 0.25) is 10.0 Å². The predicted molar refractivity (Wildman–Crippen MR) is 106 cm³/mol. The third-order valence-electron chi connectivity index (χ3n) is 5.40. The van der Waals surface area contributed by atoms with E-state index < -0.39 is 18.7 Å². The number of alkyl halides is 3. The standard InChI is InChI=1S/C20H19Cl2F3N2O/c21-12-1-3-16-14(9-12)15-10-13(22)2-4-17(15)27(16)18-11-26(7-5-19(18)28)8-6-20(23,24)25/h1-4,9-10,18-19,28H,5-8,11H2. The van der Waals surface area contributed by atoms with Gasteiger partial charge in [-0.05, 0) is 42.8 Å². The Morgan fingerprint density at radius 3 is 2.11 bits per heavy atom. The molecule has 0 amide bonds. The molecule has 0 radical (unpaired) electrons. The van der Waals surface area contributed by atoms with Gasteiger partial charge in [-0.15, -0.1) is 0 Å². The zero-order chi connectivity index (χ0) is 20.1. The summed E-state index contributed by atoms with van der Waals surface area (Å²) >= 11 is 12.4. The van der Waals surface area contributed by atoms with E-state index in [4.69, 9.17) is 23.2 Å². The molecule has 1 N–H and O–H groups in total. The van der Waals surface area contributed by atoms with Crippen LogP contribution in [0.1, 0.15) is 18.9 Å². The molecule has 3 nitrogen and oxygen atoms in total. The van der Waals surface area contributed by atoms with Gasteiger partial charge >= 0.3 is 6.18 Å². The van der Waals surface area contributed by atoms with Crippen LogP contribution in [-0.4, -0.2) is 46.5 Å². The van der Waals surface area contributed by atoms with E-state index in [2.05, 4.69) is 0 Å². The van der Waals surface area contributed by atoms with Gasteiger partial charge in [0, 0.05) is 51.5 Å². The van der Waals surface area contributed by atoms with Gasteiger partial charge in [-0.1, -0.05) is 23.2 Å². The second-order valence-electron chi connectivity index (χ2n) is 7.28. The van der Waals surface area contributed by atoms with Gasteiger partial charge in [0.05, 0.1) is 18.6 Å². The monoisotopic (exact) mass is 430 g/mol. The Kier molecular flexibility index (Phi) is 5.25. The van der Waals surface area contributed by atoms with E-state index in [1.807, 2.05) is 28.8 Å². The normalized spacial score (nSPS) is 21.6. The second-order valence-corrected chi connectivity index (χ2v) is 8.15. The van der Waals surface area contributed by atoms with Crippen molar-refractivity contribution in [3.8, 4) is 0 Å². The molecule has 2 unspecified atom stereocenters. The van der Waals surface area contributed by atoms with Crippen molar-refractivity contribution in [1.29, 1.82) is 0 Å². The molecular weight excluding hydrogens is 412 g/mol. The van der Waals surface area contributed by atoms with Crippen LogP contribution in [0.15, 0.2) is 36.4 Å². The zero-order valence-corrected chi connectivity index (χ0v) is 16.4. The molecule has 28 heavy (non-hydrogen) atoms. The number of benzene rings is 2. The van der Waals surface area contributed by atoms with E-state index >= 15 is 0 Å². The van der Waals surface area contributed by atoms with E-state index in [1.165, 1.54) is 0 Å². The SMILES string of the molecule is OC1CCN(CCC(F)(F)F)CC1n1c2ccc(Cl)cc2c2cc(Cl)ccc21. The fourth-order valence-corrected chi connectivity index (χ4v) is 4.43. The number of aliphatic hydroxyl groups is 1. The zero-order valence-electron chi connectivity index (χ0n) is 14.9. The van der Waals surface area contributed by atoms with Crippen molar-refractivity contribution >= 4 is 45.0 Å². The largest absolute Gasteiger partial charge is 0.391 e. The molecule has 1 aromatic heterocycles. The van der Waals surface area contributed by atoms with E-state index in [-0.39, 0.29) is 12.6 Å². The number of nitrogens with zero attached hydrogens (tertiary/aromatic N) is 2. The average molecular weight is 431 g/mol. The van der Waals surface area contributed by atoms with Gasteiger partial charge in [0.25, 0.3) is 0 Å². The highest BCUT2D eigenvalue weighted by atomic mass is 35.5. The third-order valence-corrected chi connectivity index (χ3v) is 5.87. The van der Waals surface area contributed by atoms with E-state index in [0.717, 1.165) is 21.8 Å². The number of hydrogen-bond acceptors (Lipinski definition) is 2. The molecule has 1 saturated heterocycles. The van der Waals surface area contributed by atoms with E-state index in [9.17, 15) is 18.3 Å². The number of fused-ring (bicyclic) bond motifs is 3. The minimum absolute atomic E-state index is 0.0679. The van der Waals surface area contributed by atoms with Crippen molar-refractivity contribution in [3.05, 3.63) is 46.4 Å². The smallest absolute Gasteiger partial charge is 0.390 e. The summed E-state index contributed by atoms with van der Waals surface area (Å²) in [5.41, 5.74) is 1.76. The molecule has 1 fully saturated rings. The van der Waals surface area contributed by atoms with Gasteiger partial charge in [-0.3, -0.25) is 0 Å². The number of piperidine rings is 1. The minimum atomic E-state index is -4.19. The van der Waals surface area contributed by atoms with Crippen molar-refractivity contribution in [2.45, 2.75) is 31.2 Å². The summed E-state index contributed by atoms with van der Waals surface area (Å²) < 4.78 is 39.9. The second kappa shape index (κ2) is 7.41. The molecule has 0 spiro atoms. The maximum Gasteiger partial charge on any atom is 0.390 e. The Balaban J connectivity index is 1.78. The van der Waals surface area contributed by atoms with Crippen LogP contribution in [0.3, 0.4) is 0 Å². The van der Waals surface area contributed by atoms with Crippen molar-refractivity contribution in [1.82, 2.24) is 9.47 Å². The fourth-order valence-electron chi connectivity index (χ4n) is 4.08. The summed E-state index contributed by atoms with van der Waals surface area (Å²) in [6.45, 7) is 0.728. The molecule has 3 aromatic rings. The lowest BCUT2D eigenvalue weighted by atomic mass is 10.0. The first-order chi connectivity index (χ1) is 13.2. The molecule has 0 bridgehead atoms. The van der Waals surface area contributed by atoms with Gasteiger partial charge < -0.3 is 14.6 Å². The number of halogens is 5. The predicted octanol–water partition coefficient (Wildman–Crippen LogP) is 5.66. The molecule has 8 heteroatoms. The number of rotatable bonds is 3.